The van der Waals surface area contributed by atoms with Crippen LogP contribution in [0.4, 0.5) is 0 Å². The molecule has 116 valence electrons. The van der Waals surface area contributed by atoms with E-state index in [2.05, 4.69) is 10.4 Å². The van der Waals surface area contributed by atoms with Gasteiger partial charge in [0.2, 0.25) is 0 Å². The molecular weight excluding hydrogens is 286 g/mol. The largest absolute Gasteiger partial charge is 0.351 e. The van der Waals surface area contributed by atoms with E-state index in [0.29, 0.717) is 12.2 Å². The topological polar surface area (TPSA) is 46.9 Å². The molecule has 23 heavy (non-hydrogen) atoms. The van der Waals surface area contributed by atoms with Gasteiger partial charge in [0.25, 0.3) is 5.91 Å². The smallest absolute Gasteiger partial charge is 0.270 e. The van der Waals surface area contributed by atoms with Crippen molar-refractivity contribution in [2.24, 2.45) is 0 Å². The number of carbonyl (C=O) groups excluding carboxylic acids is 1. The molecule has 3 rings (SSSR count). The van der Waals surface area contributed by atoms with Crippen LogP contribution in [-0.4, -0.2) is 22.2 Å². The Morgan fingerprint density at radius 2 is 1.70 bits per heavy atom. The monoisotopic (exact) mass is 305 g/mol. The molecule has 0 aliphatic rings. The fourth-order valence-corrected chi connectivity index (χ4v) is 2.39. The van der Waals surface area contributed by atoms with E-state index in [9.17, 15) is 4.79 Å². The molecule has 3 aromatic rings. The van der Waals surface area contributed by atoms with E-state index in [1.807, 2.05) is 73.7 Å². The third-order valence-electron chi connectivity index (χ3n) is 3.55. The van der Waals surface area contributed by atoms with Gasteiger partial charge in [-0.05, 0) is 24.6 Å². The molecule has 0 fully saturated rings. The Kier molecular flexibility index (Phi) is 4.52. The summed E-state index contributed by atoms with van der Waals surface area (Å²) in [4.78, 5) is 12.5. The zero-order valence-corrected chi connectivity index (χ0v) is 13.1. The highest BCUT2D eigenvalue weighted by Gasteiger charge is 2.16. The number of rotatable bonds is 5. The molecule has 4 heteroatoms. The minimum atomic E-state index is -0.106. The first-order valence-corrected chi connectivity index (χ1v) is 7.78. The van der Waals surface area contributed by atoms with Gasteiger partial charge in [0, 0.05) is 12.1 Å². The van der Waals surface area contributed by atoms with Crippen LogP contribution in [0.5, 0.6) is 0 Å². The van der Waals surface area contributed by atoms with Crippen LogP contribution >= 0.6 is 0 Å². The van der Waals surface area contributed by atoms with Gasteiger partial charge in [-0.25, -0.2) is 4.68 Å². The van der Waals surface area contributed by atoms with Crippen LogP contribution in [0.15, 0.2) is 66.7 Å². The molecule has 1 N–H and O–H groups in total. The van der Waals surface area contributed by atoms with E-state index in [1.165, 1.54) is 0 Å². The summed E-state index contributed by atoms with van der Waals surface area (Å²) in [5.41, 5.74) is 3.20. The molecular formula is C19H19N3O. The summed E-state index contributed by atoms with van der Waals surface area (Å²) in [7, 11) is 0. The lowest BCUT2D eigenvalue weighted by atomic mass is 10.1. The third-order valence-corrected chi connectivity index (χ3v) is 3.55. The molecule has 0 aliphatic heterocycles. The highest BCUT2D eigenvalue weighted by atomic mass is 16.2. The SMILES string of the molecule is CCCNC(=O)c1cc(-c2ccccc2)nn1-c1ccccc1. The maximum Gasteiger partial charge on any atom is 0.270 e. The summed E-state index contributed by atoms with van der Waals surface area (Å²) >= 11 is 0. The van der Waals surface area contributed by atoms with Gasteiger partial charge in [-0.2, -0.15) is 5.10 Å². The Morgan fingerprint density at radius 1 is 1.04 bits per heavy atom. The van der Waals surface area contributed by atoms with Gasteiger partial charge in [0.15, 0.2) is 0 Å². The molecule has 0 atom stereocenters. The number of aromatic nitrogens is 2. The highest BCUT2D eigenvalue weighted by Crippen LogP contribution is 2.21. The van der Waals surface area contributed by atoms with E-state index >= 15 is 0 Å². The normalized spacial score (nSPS) is 10.5. The van der Waals surface area contributed by atoms with E-state index in [4.69, 9.17) is 0 Å². The molecule has 0 bridgehead atoms. The molecule has 0 radical (unpaired) electrons. The van der Waals surface area contributed by atoms with Gasteiger partial charge < -0.3 is 5.32 Å². The van der Waals surface area contributed by atoms with Crippen LogP contribution in [0.3, 0.4) is 0 Å². The minimum Gasteiger partial charge on any atom is -0.351 e. The molecule has 0 saturated heterocycles. The molecule has 1 heterocycles. The molecule has 1 aromatic heterocycles. The van der Waals surface area contributed by atoms with Crippen molar-refractivity contribution < 1.29 is 4.79 Å². The standard InChI is InChI=1S/C19H19N3O/c1-2-13-20-19(23)18-14-17(15-9-5-3-6-10-15)21-22(18)16-11-7-4-8-12-16/h3-12,14H,2,13H2,1H3,(H,20,23). The van der Waals surface area contributed by atoms with E-state index < -0.39 is 0 Å². The molecule has 4 nitrogen and oxygen atoms in total. The van der Waals surface area contributed by atoms with Crippen LogP contribution in [0.25, 0.3) is 16.9 Å². The quantitative estimate of drug-likeness (QED) is 0.781. The number of nitrogens with zero attached hydrogens (tertiary/aromatic N) is 2. The van der Waals surface area contributed by atoms with Crippen LogP contribution in [0.1, 0.15) is 23.8 Å². The average molecular weight is 305 g/mol. The van der Waals surface area contributed by atoms with E-state index in [-0.39, 0.29) is 5.91 Å². The van der Waals surface area contributed by atoms with Crippen molar-refractivity contribution in [2.45, 2.75) is 13.3 Å². The Labute approximate surface area is 135 Å². The molecule has 0 saturated carbocycles. The van der Waals surface area contributed by atoms with Crippen LogP contribution in [0.2, 0.25) is 0 Å². The van der Waals surface area contributed by atoms with Crippen molar-refractivity contribution in [1.29, 1.82) is 0 Å². The lowest BCUT2D eigenvalue weighted by Gasteiger charge is -2.07. The summed E-state index contributed by atoms with van der Waals surface area (Å²) in [6.45, 7) is 2.68. The number of amides is 1. The van der Waals surface area contributed by atoms with Crippen molar-refractivity contribution in [2.75, 3.05) is 6.54 Å². The second kappa shape index (κ2) is 6.92. The first-order valence-electron chi connectivity index (χ1n) is 7.78. The highest BCUT2D eigenvalue weighted by molar-refractivity contribution is 5.94. The first-order chi connectivity index (χ1) is 11.3. The molecule has 0 spiro atoms. The minimum absolute atomic E-state index is 0.106. The fraction of sp³-hybridized carbons (Fsp3) is 0.158. The zero-order chi connectivity index (χ0) is 16.1. The second-order valence-corrected chi connectivity index (χ2v) is 5.28. The number of benzene rings is 2. The first kappa shape index (κ1) is 15.0. The number of nitrogens with one attached hydrogen (secondary N) is 1. The van der Waals surface area contributed by atoms with Gasteiger partial charge in [0.1, 0.15) is 5.69 Å². The number of para-hydroxylation sites is 1. The number of carbonyl (C=O) groups is 1. The maximum atomic E-state index is 12.5. The predicted molar refractivity (Wildman–Crippen MR) is 91.6 cm³/mol. The molecule has 0 aliphatic carbocycles. The zero-order valence-electron chi connectivity index (χ0n) is 13.1. The number of hydrogen-bond acceptors (Lipinski definition) is 2. The lowest BCUT2D eigenvalue weighted by Crippen LogP contribution is -2.26. The fourth-order valence-electron chi connectivity index (χ4n) is 2.39. The summed E-state index contributed by atoms with van der Waals surface area (Å²) in [5.74, 6) is -0.106. The van der Waals surface area contributed by atoms with Gasteiger partial charge in [-0.1, -0.05) is 55.5 Å². The van der Waals surface area contributed by atoms with E-state index in [0.717, 1.165) is 23.4 Å². The lowest BCUT2D eigenvalue weighted by molar-refractivity contribution is 0.0946. The maximum absolute atomic E-state index is 12.5. The van der Waals surface area contributed by atoms with Crippen molar-refractivity contribution in [3.63, 3.8) is 0 Å². The summed E-state index contributed by atoms with van der Waals surface area (Å²) in [5, 5.41) is 7.56. The summed E-state index contributed by atoms with van der Waals surface area (Å²) < 4.78 is 1.70. The Bertz CT molecular complexity index is 779. The van der Waals surface area contributed by atoms with Gasteiger partial charge in [0.05, 0.1) is 11.4 Å². The van der Waals surface area contributed by atoms with Crippen LogP contribution < -0.4 is 5.32 Å². The Balaban J connectivity index is 2.05. The van der Waals surface area contributed by atoms with Gasteiger partial charge >= 0.3 is 0 Å². The second-order valence-electron chi connectivity index (χ2n) is 5.28. The molecule has 1 amide bonds. The summed E-state index contributed by atoms with van der Waals surface area (Å²) in [6, 6.07) is 21.4. The Hall–Kier alpha value is -2.88. The summed E-state index contributed by atoms with van der Waals surface area (Å²) in [6.07, 6.45) is 0.900. The van der Waals surface area contributed by atoms with Crippen molar-refractivity contribution in [3.05, 3.63) is 72.4 Å². The van der Waals surface area contributed by atoms with Crippen molar-refractivity contribution in [3.8, 4) is 16.9 Å². The molecule has 0 unspecified atom stereocenters. The van der Waals surface area contributed by atoms with E-state index in [1.54, 1.807) is 4.68 Å². The average Bonchev–Trinajstić information content (AvgIpc) is 3.07. The van der Waals surface area contributed by atoms with Crippen LogP contribution in [0, 0.1) is 0 Å². The Morgan fingerprint density at radius 3 is 2.35 bits per heavy atom. The van der Waals surface area contributed by atoms with Gasteiger partial charge in [-0.15, -0.1) is 0 Å². The van der Waals surface area contributed by atoms with Crippen molar-refractivity contribution in [1.82, 2.24) is 15.1 Å². The number of hydrogen-bond donors (Lipinski definition) is 1. The third kappa shape index (κ3) is 3.31. The predicted octanol–water partition coefficient (Wildman–Crippen LogP) is 3.68. The van der Waals surface area contributed by atoms with Crippen molar-refractivity contribution >= 4 is 5.91 Å². The molecule has 2 aromatic carbocycles. The van der Waals surface area contributed by atoms with Crippen LogP contribution in [-0.2, 0) is 0 Å². The van der Waals surface area contributed by atoms with Gasteiger partial charge in [-0.3, -0.25) is 4.79 Å².